The van der Waals surface area contributed by atoms with Crippen LogP contribution >= 0.6 is 0 Å². The maximum atomic E-state index is 11.2. The van der Waals surface area contributed by atoms with Crippen LogP contribution in [0.5, 0.6) is 0 Å². The van der Waals surface area contributed by atoms with Crippen LogP contribution in [-0.2, 0) is 4.79 Å². The van der Waals surface area contributed by atoms with Gasteiger partial charge in [-0.15, -0.1) is 0 Å². The summed E-state index contributed by atoms with van der Waals surface area (Å²) in [5.74, 6) is -0.172. The molecule has 0 rings (SSSR count). The van der Waals surface area contributed by atoms with E-state index in [1.807, 2.05) is 19.9 Å². The molecule has 0 saturated carbocycles. The molecule has 14 heavy (non-hydrogen) atoms. The zero-order valence-corrected chi connectivity index (χ0v) is 9.39. The Morgan fingerprint density at radius 2 is 2.07 bits per heavy atom. The Morgan fingerprint density at radius 1 is 1.43 bits per heavy atom. The fourth-order valence-corrected chi connectivity index (χ4v) is 1.37. The average molecular weight is 196 g/mol. The number of nitrogens with one attached hydrogen (secondary N) is 1. The van der Waals surface area contributed by atoms with E-state index in [-0.39, 0.29) is 17.9 Å². The van der Waals surface area contributed by atoms with Gasteiger partial charge in [-0.1, -0.05) is 26.2 Å². The smallest absolute Gasteiger partial charge is 0.234 e. The van der Waals surface area contributed by atoms with E-state index in [0.29, 0.717) is 0 Å². The van der Waals surface area contributed by atoms with Crippen molar-refractivity contribution >= 4 is 5.91 Å². The molecule has 3 nitrogen and oxygen atoms in total. The first kappa shape index (κ1) is 13.0. The van der Waals surface area contributed by atoms with E-state index in [4.69, 9.17) is 5.26 Å². The highest BCUT2D eigenvalue weighted by atomic mass is 16.1. The molecule has 1 amide bonds. The molecule has 0 saturated heterocycles. The minimum atomic E-state index is -0.177. The van der Waals surface area contributed by atoms with Gasteiger partial charge in [-0.3, -0.25) is 4.79 Å². The largest absolute Gasteiger partial charge is 0.350 e. The third-order valence-corrected chi connectivity index (χ3v) is 2.12. The van der Waals surface area contributed by atoms with Crippen LogP contribution in [0, 0.1) is 11.3 Å². The zero-order chi connectivity index (χ0) is 11.0. The summed E-state index contributed by atoms with van der Waals surface area (Å²) in [6.45, 7) is 6.15. The highest BCUT2D eigenvalue weighted by Crippen LogP contribution is 2.13. The molecule has 0 radical (unpaired) electrons. The number of carbonyl (C=O) groups is 1. The van der Waals surface area contributed by atoms with Crippen molar-refractivity contribution in [3.05, 3.63) is 0 Å². The van der Waals surface area contributed by atoms with Crippen molar-refractivity contribution in [2.24, 2.45) is 0 Å². The second kappa shape index (κ2) is 6.42. The Labute approximate surface area is 86.5 Å². The lowest BCUT2D eigenvalue weighted by Crippen LogP contribution is -2.43. The molecule has 0 aliphatic rings. The maximum Gasteiger partial charge on any atom is 0.234 e. The molecule has 0 bridgehead atoms. The molecule has 1 N–H and O–H groups in total. The Hall–Kier alpha value is -1.04. The van der Waals surface area contributed by atoms with Crippen LogP contribution < -0.4 is 5.32 Å². The number of nitriles is 1. The van der Waals surface area contributed by atoms with E-state index in [1.165, 1.54) is 12.8 Å². The first-order chi connectivity index (χ1) is 6.52. The van der Waals surface area contributed by atoms with Gasteiger partial charge < -0.3 is 5.32 Å². The standard InChI is InChI=1S/C11H20N2O/c1-4-5-6-8-11(2,3)13-10(14)7-9-12/h4-8H2,1-3H3,(H,13,14). The normalized spacial score (nSPS) is 10.7. The summed E-state index contributed by atoms with van der Waals surface area (Å²) in [5, 5.41) is 11.2. The molecule has 0 heterocycles. The zero-order valence-electron chi connectivity index (χ0n) is 9.39. The van der Waals surface area contributed by atoms with Gasteiger partial charge in [-0.25, -0.2) is 0 Å². The number of carbonyl (C=O) groups excluding carboxylic acids is 1. The third kappa shape index (κ3) is 6.47. The summed E-state index contributed by atoms with van der Waals surface area (Å²) < 4.78 is 0. The highest BCUT2D eigenvalue weighted by Gasteiger charge is 2.19. The van der Waals surface area contributed by atoms with E-state index in [0.717, 1.165) is 12.8 Å². The third-order valence-electron chi connectivity index (χ3n) is 2.12. The van der Waals surface area contributed by atoms with E-state index in [1.54, 1.807) is 0 Å². The molecule has 0 spiro atoms. The molecule has 0 aromatic carbocycles. The van der Waals surface area contributed by atoms with Crippen molar-refractivity contribution in [2.45, 2.75) is 58.4 Å². The predicted molar refractivity (Wildman–Crippen MR) is 56.6 cm³/mol. The van der Waals surface area contributed by atoms with Crippen LogP contribution in [0.15, 0.2) is 0 Å². The van der Waals surface area contributed by atoms with Gasteiger partial charge in [0.15, 0.2) is 0 Å². The molecule has 0 aliphatic heterocycles. The van der Waals surface area contributed by atoms with Crippen LogP contribution in [0.2, 0.25) is 0 Å². The molecular weight excluding hydrogens is 176 g/mol. The van der Waals surface area contributed by atoms with Crippen molar-refractivity contribution in [1.82, 2.24) is 5.32 Å². The van der Waals surface area contributed by atoms with Crippen molar-refractivity contribution in [2.75, 3.05) is 0 Å². The maximum absolute atomic E-state index is 11.2. The average Bonchev–Trinajstić information content (AvgIpc) is 2.03. The van der Waals surface area contributed by atoms with Gasteiger partial charge in [0.25, 0.3) is 0 Å². The first-order valence-electron chi connectivity index (χ1n) is 5.20. The molecule has 3 heteroatoms. The van der Waals surface area contributed by atoms with Crippen LogP contribution in [0.25, 0.3) is 0 Å². The molecule has 0 fully saturated rings. The molecule has 80 valence electrons. The highest BCUT2D eigenvalue weighted by molar-refractivity contribution is 5.78. The Bertz CT molecular complexity index is 216. The number of hydrogen-bond donors (Lipinski definition) is 1. The van der Waals surface area contributed by atoms with Gasteiger partial charge in [0, 0.05) is 5.54 Å². The molecule has 0 aromatic heterocycles. The van der Waals surface area contributed by atoms with Crippen molar-refractivity contribution < 1.29 is 4.79 Å². The summed E-state index contributed by atoms with van der Waals surface area (Å²) in [6.07, 6.45) is 4.42. The number of hydrogen-bond acceptors (Lipinski definition) is 2. The summed E-state index contributed by atoms with van der Waals surface area (Å²) >= 11 is 0. The van der Waals surface area contributed by atoms with Crippen LogP contribution in [0.4, 0.5) is 0 Å². The van der Waals surface area contributed by atoms with Gasteiger partial charge in [0.1, 0.15) is 6.42 Å². The molecule has 0 unspecified atom stereocenters. The first-order valence-corrected chi connectivity index (χ1v) is 5.20. The van der Waals surface area contributed by atoms with Crippen molar-refractivity contribution in [3.63, 3.8) is 0 Å². The molecular formula is C11H20N2O. The number of amides is 1. The molecule has 0 aliphatic carbocycles. The topological polar surface area (TPSA) is 52.9 Å². The van der Waals surface area contributed by atoms with E-state index in [9.17, 15) is 4.79 Å². The second-order valence-corrected chi connectivity index (χ2v) is 4.22. The quantitative estimate of drug-likeness (QED) is 0.663. The van der Waals surface area contributed by atoms with Gasteiger partial charge >= 0.3 is 0 Å². The minimum Gasteiger partial charge on any atom is -0.350 e. The van der Waals surface area contributed by atoms with Gasteiger partial charge in [-0.2, -0.15) is 5.26 Å². The van der Waals surface area contributed by atoms with Crippen LogP contribution in [-0.4, -0.2) is 11.4 Å². The lowest BCUT2D eigenvalue weighted by molar-refractivity contribution is -0.121. The predicted octanol–water partition coefficient (Wildman–Crippen LogP) is 2.38. The summed E-state index contributed by atoms with van der Waals surface area (Å²) in [5.41, 5.74) is -0.177. The Kier molecular flexibility index (Phi) is 5.94. The summed E-state index contributed by atoms with van der Waals surface area (Å²) in [7, 11) is 0. The fraction of sp³-hybridized carbons (Fsp3) is 0.818. The van der Waals surface area contributed by atoms with Crippen molar-refractivity contribution in [3.8, 4) is 6.07 Å². The SMILES string of the molecule is CCCCCC(C)(C)NC(=O)CC#N. The lowest BCUT2D eigenvalue weighted by Gasteiger charge is -2.25. The van der Waals surface area contributed by atoms with Gasteiger partial charge in [0.2, 0.25) is 5.91 Å². The fourth-order valence-electron chi connectivity index (χ4n) is 1.37. The number of rotatable bonds is 6. The van der Waals surface area contributed by atoms with Crippen molar-refractivity contribution in [1.29, 1.82) is 5.26 Å². The van der Waals surface area contributed by atoms with E-state index < -0.39 is 0 Å². The number of unbranched alkanes of at least 4 members (excludes halogenated alkanes) is 2. The lowest BCUT2D eigenvalue weighted by atomic mass is 9.96. The minimum absolute atomic E-state index is 0.0444. The van der Waals surface area contributed by atoms with E-state index >= 15 is 0 Å². The molecule has 0 aromatic rings. The second-order valence-electron chi connectivity index (χ2n) is 4.22. The summed E-state index contributed by atoms with van der Waals surface area (Å²) in [4.78, 5) is 11.2. The summed E-state index contributed by atoms with van der Waals surface area (Å²) in [6, 6.07) is 1.85. The molecule has 0 atom stereocenters. The number of nitrogens with zero attached hydrogens (tertiary/aromatic N) is 1. The monoisotopic (exact) mass is 196 g/mol. The van der Waals surface area contributed by atoms with Gasteiger partial charge in [-0.05, 0) is 20.3 Å². The van der Waals surface area contributed by atoms with Crippen LogP contribution in [0.1, 0.15) is 52.9 Å². The Balaban J connectivity index is 3.82. The van der Waals surface area contributed by atoms with Gasteiger partial charge in [0.05, 0.1) is 6.07 Å². The Morgan fingerprint density at radius 3 is 2.57 bits per heavy atom. The van der Waals surface area contributed by atoms with E-state index in [2.05, 4.69) is 12.2 Å². The van der Waals surface area contributed by atoms with Crippen LogP contribution in [0.3, 0.4) is 0 Å².